The predicted octanol–water partition coefficient (Wildman–Crippen LogP) is 0.400. The molecule has 0 fully saturated rings. The van der Waals surface area contributed by atoms with E-state index in [4.69, 9.17) is 0 Å². The summed E-state index contributed by atoms with van der Waals surface area (Å²) in [7, 11) is 3.75. The van der Waals surface area contributed by atoms with Gasteiger partial charge in [0.1, 0.15) is 0 Å². The predicted molar refractivity (Wildman–Crippen MR) is 50.1 cm³/mol. The lowest BCUT2D eigenvalue weighted by atomic mass is 10.3. The summed E-state index contributed by atoms with van der Waals surface area (Å²) in [5.41, 5.74) is 1.89. The molecule has 0 saturated heterocycles. The molecule has 2 N–H and O–H groups in total. The van der Waals surface area contributed by atoms with Crippen molar-refractivity contribution in [1.29, 1.82) is 0 Å². The molecule has 64 valence electrons. The summed E-state index contributed by atoms with van der Waals surface area (Å²) in [6.07, 6.45) is 0. The zero-order valence-electron chi connectivity index (χ0n) is 7.57. The maximum absolute atomic E-state index is 4.28. The van der Waals surface area contributed by atoms with Crippen molar-refractivity contribution in [2.24, 2.45) is 4.99 Å². The first-order valence-electron chi connectivity index (χ1n) is 3.81. The smallest absolute Gasteiger partial charge is 0.0710 e. The second-order valence-corrected chi connectivity index (χ2v) is 2.18. The van der Waals surface area contributed by atoms with Gasteiger partial charge in [-0.2, -0.15) is 0 Å². The molecule has 0 aliphatic rings. The van der Waals surface area contributed by atoms with Crippen LogP contribution in [-0.4, -0.2) is 32.9 Å². The number of hydrogen-bond donors (Lipinski definition) is 2. The molecule has 0 bridgehead atoms. The third-order valence-electron chi connectivity index (χ3n) is 1.34. The van der Waals surface area contributed by atoms with Crippen molar-refractivity contribution in [1.82, 2.24) is 10.6 Å². The van der Waals surface area contributed by atoms with Gasteiger partial charge in [0.2, 0.25) is 0 Å². The van der Waals surface area contributed by atoms with Gasteiger partial charge in [0, 0.05) is 25.8 Å². The largest absolute Gasteiger partial charge is 0.387 e. The van der Waals surface area contributed by atoms with Crippen LogP contribution >= 0.6 is 0 Å². The van der Waals surface area contributed by atoms with E-state index in [1.807, 2.05) is 21.0 Å². The van der Waals surface area contributed by atoms with Gasteiger partial charge in [-0.15, -0.1) is 0 Å². The molecule has 0 atom stereocenters. The topological polar surface area (TPSA) is 36.4 Å². The molecule has 0 radical (unpaired) electrons. The lowest BCUT2D eigenvalue weighted by Gasteiger charge is -2.07. The molecule has 0 aliphatic heterocycles. The van der Waals surface area contributed by atoms with Crippen molar-refractivity contribution >= 4 is 5.71 Å². The van der Waals surface area contributed by atoms with Crippen molar-refractivity contribution < 1.29 is 0 Å². The fraction of sp³-hybridized carbons (Fsp3) is 0.625. The minimum Gasteiger partial charge on any atom is -0.387 e. The zero-order chi connectivity index (χ0) is 8.69. The molecule has 0 aliphatic carbocycles. The van der Waals surface area contributed by atoms with Gasteiger partial charge < -0.3 is 10.6 Å². The van der Waals surface area contributed by atoms with Crippen LogP contribution in [0.2, 0.25) is 0 Å². The zero-order valence-corrected chi connectivity index (χ0v) is 7.57. The number of nitrogens with zero attached hydrogens (tertiary/aromatic N) is 1. The molecule has 0 aromatic heterocycles. The van der Waals surface area contributed by atoms with Crippen LogP contribution in [0.25, 0.3) is 0 Å². The van der Waals surface area contributed by atoms with Crippen molar-refractivity contribution in [2.45, 2.75) is 6.92 Å². The molecule has 0 saturated carbocycles. The fourth-order valence-electron chi connectivity index (χ4n) is 0.761. The second kappa shape index (κ2) is 5.92. The Morgan fingerprint density at radius 2 is 2.09 bits per heavy atom. The van der Waals surface area contributed by atoms with Gasteiger partial charge in [0.05, 0.1) is 5.71 Å². The normalized spacial score (nSPS) is 11.4. The van der Waals surface area contributed by atoms with Gasteiger partial charge in [0.25, 0.3) is 0 Å². The van der Waals surface area contributed by atoms with Crippen LogP contribution in [0.4, 0.5) is 0 Å². The highest BCUT2D eigenvalue weighted by Gasteiger charge is 1.99. The number of rotatable bonds is 5. The van der Waals surface area contributed by atoms with Crippen LogP contribution in [0.3, 0.4) is 0 Å². The minimum absolute atomic E-state index is 0.771. The summed E-state index contributed by atoms with van der Waals surface area (Å²) < 4.78 is 0. The average molecular weight is 155 g/mol. The number of aliphatic imine (C=N–C) groups is 1. The van der Waals surface area contributed by atoms with Crippen LogP contribution < -0.4 is 10.6 Å². The first kappa shape index (κ1) is 10.2. The standard InChI is InChI=1S/C8H17N3/c1-5-11-8(6-9-3)7(2)10-4/h9-10H,2,5-6H2,1,3-4H3. The SMILES string of the molecule is C=C(NC)C(CNC)=NCC. The Labute approximate surface area is 68.6 Å². The molecule has 3 nitrogen and oxygen atoms in total. The van der Waals surface area contributed by atoms with Gasteiger partial charge >= 0.3 is 0 Å². The summed E-state index contributed by atoms with van der Waals surface area (Å²) in [6, 6.07) is 0. The monoisotopic (exact) mass is 155 g/mol. The first-order valence-corrected chi connectivity index (χ1v) is 3.81. The third kappa shape index (κ3) is 3.78. The van der Waals surface area contributed by atoms with Crippen molar-refractivity contribution in [3.63, 3.8) is 0 Å². The van der Waals surface area contributed by atoms with Gasteiger partial charge in [-0.1, -0.05) is 6.58 Å². The Morgan fingerprint density at radius 1 is 1.45 bits per heavy atom. The maximum Gasteiger partial charge on any atom is 0.0710 e. The lowest BCUT2D eigenvalue weighted by molar-refractivity contribution is 0.919. The Bertz CT molecular complexity index is 149. The van der Waals surface area contributed by atoms with E-state index >= 15 is 0 Å². The summed E-state index contributed by atoms with van der Waals surface area (Å²) in [5.74, 6) is 0. The molecule has 0 rings (SSSR count). The van der Waals surface area contributed by atoms with Crippen LogP contribution in [0.1, 0.15) is 6.92 Å². The molecule has 11 heavy (non-hydrogen) atoms. The van der Waals surface area contributed by atoms with Crippen molar-refractivity contribution in [3.05, 3.63) is 12.3 Å². The Morgan fingerprint density at radius 3 is 2.45 bits per heavy atom. The molecular weight excluding hydrogens is 138 g/mol. The Balaban J connectivity index is 4.09. The minimum atomic E-state index is 0.771. The fourth-order valence-corrected chi connectivity index (χ4v) is 0.761. The summed E-state index contributed by atoms with van der Waals surface area (Å²) in [6.45, 7) is 7.42. The Kier molecular flexibility index (Phi) is 5.47. The quantitative estimate of drug-likeness (QED) is 0.564. The van der Waals surface area contributed by atoms with E-state index in [0.717, 1.165) is 24.5 Å². The van der Waals surface area contributed by atoms with Gasteiger partial charge in [-0.05, 0) is 14.0 Å². The third-order valence-corrected chi connectivity index (χ3v) is 1.34. The molecule has 0 unspecified atom stereocenters. The van der Waals surface area contributed by atoms with Gasteiger partial charge in [-0.3, -0.25) is 4.99 Å². The number of hydrogen-bond acceptors (Lipinski definition) is 3. The van der Waals surface area contributed by atoms with E-state index in [9.17, 15) is 0 Å². The maximum atomic E-state index is 4.28. The summed E-state index contributed by atoms with van der Waals surface area (Å²) >= 11 is 0. The van der Waals surface area contributed by atoms with E-state index in [-0.39, 0.29) is 0 Å². The highest BCUT2D eigenvalue weighted by Crippen LogP contribution is 1.88. The molecule has 3 heteroatoms. The average Bonchev–Trinajstić information content (AvgIpc) is 2.03. The molecule has 0 heterocycles. The molecular formula is C8H17N3. The van der Waals surface area contributed by atoms with Gasteiger partial charge in [0.15, 0.2) is 0 Å². The molecule has 0 amide bonds. The van der Waals surface area contributed by atoms with Crippen molar-refractivity contribution in [2.75, 3.05) is 27.2 Å². The van der Waals surface area contributed by atoms with E-state index in [0.29, 0.717) is 0 Å². The van der Waals surface area contributed by atoms with Crippen LogP contribution in [0.15, 0.2) is 17.3 Å². The summed E-state index contributed by atoms with van der Waals surface area (Å²) in [5, 5.41) is 6.01. The first-order chi connectivity index (χ1) is 5.26. The van der Waals surface area contributed by atoms with E-state index in [1.165, 1.54) is 0 Å². The Hall–Kier alpha value is -0.830. The highest BCUT2D eigenvalue weighted by molar-refractivity contribution is 6.00. The van der Waals surface area contributed by atoms with E-state index in [2.05, 4.69) is 22.2 Å². The van der Waals surface area contributed by atoms with Crippen LogP contribution in [0.5, 0.6) is 0 Å². The highest BCUT2D eigenvalue weighted by atomic mass is 14.9. The summed E-state index contributed by atoms with van der Waals surface area (Å²) in [4.78, 5) is 4.28. The second-order valence-electron chi connectivity index (χ2n) is 2.18. The number of nitrogens with one attached hydrogen (secondary N) is 2. The molecule has 0 aromatic rings. The van der Waals surface area contributed by atoms with Gasteiger partial charge in [-0.25, -0.2) is 0 Å². The molecule has 0 aromatic carbocycles. The van der Waals surface area contributed by atoms with E-state index in [1.54, 1.807) is 0 Å². The van der Waals surface area contributed by atoms with Crippen LogP contribution in [-0.2, 0) is 0 Å². The van der Waals surface area contributed by atoms with Crippen LogP contribution in [0, 0.1) is 0 Å². The molecule has 0 spiro atoms. The van der Waals surface area contributed by atoms with Crippen molar-refractivity contribution in [3.8, 4) is 0 Å². The lowest BCUT2D eigenvalue weighted by Crippen LogP contribution is -2.25. The van der Waals surface area contributed by atoms with E-state index < -0.39 is 0 Å².